The third-order valence-corrected chi connectivity index (χ3v) is 8.65. The SMILES string of the molecule is C=CCCC(=O)N[C@@H]1O[C@H](CO)[C@@H](O[C@@H]2O[C@H](CO)[C@H](O)[C@H](O[C@]3(C(=O)O)C[C@H](O)[C@@H](NC(=O)CC)[C@H]([C@H](O)[C@H](O)CO)O3)[C@H]2O)[C@H](O)[C@H]1O. The zero-order valence-corrected chi connectivity index (χ0v) is 27.1. The Morgan fingerprint density at radius 1 is 0.920 bits per heavy atom. The van der Waals surface area contributed by atoms with Crippen molar-refractivity contribution in [1.29, 1.82) is 0 Å². The highest BCUT2D eigenvalue weighted by atomic mass is 16.8. The van der Waals surface area contributed by atoms with Gasteiger partial charge in [0.1, 0.15) is 67.1 Å². The highest BCUT2D eigenvalue weighted by Gasteiger charge is 2.60. The lowest BCUT2D eigenvalue weighted by atomic mass is 9.88. The van der Waals surface area contributed by atoms with E-state index in [-0.39, 0.29) is 12.8 Å². The summed E-state index contributed by atoms with van der Waals surface area (Å²) in [5, 5.41) is 120. The van der Waals surface area contributed by atoms with E-state index in [1.165, 1.54) is 13.0 Å². The molecule has 3 aliphatic heterocycles. The Morgan fingerprint density at radius 2 is 1.58 bits per heavy atom. The maximum atomic E-state index is 12.7. The van der Waals surface area contributed by atoms with Gasteiger partial charge in [-0.25, -0.2) is 4.79 Å². The second-order valence-corrected chi connectivity index (χ2v) is 12.1. The molecule has 50 heavy (non-hydrogen) atoms. The van der Waals surface area contributed by atoms with Gasteiger partial charge in [-0.1, -0.05) is 13.0 Å². The average molecular weight is 729 g/mol. The van der Waals surface area contributed by atoms with Crippen molar-refractivity contribution in [2.75, 3.05) is 19.8 Å². The van der Waals surface area contributed by atoms with Crippen LogP contribution < -0.4 is 10.6 Å². The molecule has 16 atom stereocenters. The smallest absolute Gasteiger partial charge is 0.364 e. The largest absolute Gasteiger partial charge is 0.477 e. The Hall–Kier alpha value is -2.45. The molecule has 21 nitrogen and oxygen atoms in total. The van der Waals surface area contributed by atoms with E-state index in [1.54, 1.807) is 0 Å². The Bertz CT molecular complexity index is 1150. The van der Waals surface area contributed by atoms with Crippen molar-refractivity contribution in [3.63, 3.8) is 0 Å². The monoisotopic (exact) mass is 728 g/mol. The Labute approximate surface area is 285 Å². The molecule has 0 aromatic rings. The van der Waals surface area contributed by atoms with Crippen LogP contribution in [0.5, 0.6) is 0 Å². The zero-order valence-electron chi connectivity index (χ0n) is 27.1. The number of carbonyl (C=O) groups is 3. The molecule has 3 fully saturated rings. The summed E-state index contributed by atoms with van der Waals surface area (Å²) >= 11 is 0. The van der Waals surface area contributed by atoms with Gasteiger partial charge in [0.15, 0.2) is 12.5 Å². The second kappa shape index (κ2) is 18.3. The molecule has 2 amide bonds. The number of hydrogen-bond acceptors (Lipinski definition) is 18. The molecule has 0 aromatic carbocycles. The van der Waals surface area contributed by atoms with Gasteiger partial charge in [-0.3, -0.25) is 9.59 Å². The van der Waals surface area contributed by atoms with Crippen LogP contribution in [0.4, 0.5) is 0 Å². The van der Waals surface area contributed by atoms with Crippen LogP contribution in [0.25, 0.3) is 0 Å². The number of carbonyl (C=O) groups excluding carboxylic acids is 2. The molecule has 0 aliphatic carbocycles. The molecule has 3 heterocycles. The van der Waals surface area contributed by atoms with Gasteiger partial charge >= 0.3 is 5.97 Å². The third kappa shape index (κ3) is 9.31. The van der Waals surface area contributed by atoms with Crippen molar-refractivity contribution >= 4 is 17.8 Å². The molecule has 0 radical (unpaired) electrons. The first-order valence-electron chi connectivity index (χ1n) is 15.9. The Balaban J connectivity index is 1.90. The quantitative estimate of drug-likeness (QED) is 0.0657. The van der Waals surface area contributed by atoms with Crippen LogP contribution in [0.1, 0.15) is 32.6 Å². The topological polar surface area (TPSA) is 344 Å². The Morgan fingerprint density at radius 3 is 2.14 bits per heavy atom. The van der Waals surface area contributed by atoms with Crippen molar-refractivity contribution in [3.8, 4) is 0 Å². The van der Waals surface area contributed by atoms with Crippen molar-refractivity contribution in [2.24, 2.45) is 0 Å². The second-order valence-electron chi connectivity index (χ2n) is 12.1. The van der Waals surface area contributed by atoms with Crippen molar-refractivity contribution < 1.29 is 94.2 Å². The molecular weight excluding hydrogens is 680 g/mol. The standard InChI is InChI=1S/C29H48N2O19/c1-3-5-6-16(38)31-26-21(42)20(41)23(14(10-34)46-26)48-27-22(43)25(19(40)13(9-33)47-27)50-29(28(44)45)7-11(35)17(30-15(37)4-2)24(49-29)18(39)12(36)8-32/h3,11-14,17-27,32-36,39-43H,1,4-10H2,2H3,(H,30,37)(H,31,38)(H,44,45)/t11-,12+,13+,14+,17+,18+,19-,20+,21+,22+,23+,24+,25-,26+,27-,29-/m0/s1. The van der Waals surface area contributed by atoms with E-state index >= 15 is 0 Å². The fraction of sp³-hybridized carbons (Fsp3) is 0.828. The number of aliphatic carboxylic acids is 1. The zero-order chi connectivity index (χ0) is 37.5. The van der Waals surface area contributed by atoms with Crippen LogP contribution in [0.2, 0.25) is 0 Å². The van der Waals surface area contributed by atoms with E-state index in [1.807, 2.05) is 0 Å². The molecule has 0 saturated carbocycles. The summed E-state index contributed by atoms with van der Waals surface area (Å²) < 4.78 is 27.8. The number of hydrogen-bond donors (Lipinski definition) is 13. The maximum Gasteiger partial charge on any atom is 0.364 e. The van der Waals surface area contributed by atoms with E-state index in [9.17, 15) is 70.6 Å². The first-order valence-corrected chi connectivity index (χ1v) is 15.9. The van der Waals surface area contributed by atoms with E-state index in [0.29, 0.717) is 6.42 Å². The molecule has 288 valence electrons. The number of ether oxygens (including phenoxy) is 5. The number of carboxylic acid groups (broad SMARTS) is 1. The van der Waals surface area contributed by atoms with Crippen LogP contribution in [-0.2, 0) is 38.1 Å². The summed E-state index contributed by atoms with van der Waals surface area (Å²) in [5.74, 6) is -6.27. The molecule has 13 N–H and O–H groups in total. The molecule has 3 rings (SSSR count). The molecule has 0 bridgehead atoms. The fourth-order valence-electron chi connectivity index (χ4n) is 5.82. The van der Waals surface area contributed by atoms with E-state index in [4.69, 9.17) is 23.7 Å². The number of rotatable bonds is 16. The van der Waals surface area contributed by atoms with Crippen LogP contribution in [0.3, 0.4) is 0 Å². The number of amides is 2. The molecule has 21 heteroatoms. The molecule has 3 aliphatic rings. The predicted octanol–water partition coefficient (Wildman–Crippen LogP) is -6.74. The fourth-order valence-corrected chi connectivity index (χ4v) is 5.82. The number of aliphatic hydroxyl groups excluding tert-OH is 10. The minimum absolute atomic E-state index is 0.0292. The van der Waals surface area contributed by atoms with Gasteiger partial charge in [0.05, 0.1) is 32.0 Å². The molecular formula is C29H48N2O19. The number of nitrogens with one attached hydrogen (secondary N) is 2. The number of allylic oxidation sites excluding steroid dienone is 1. The van der Waals surface area contributed by atoms with Crippen molar-refractivity contribution in [1.82, 2.24) is 10.6 Å². The van der Waals surface area contributed by atoms with Gasteiger partial charge in [0, 0.05) is 19.3 Å². The summed E-state index contributed by atoms with van der Waals surface area (Å²) in [4.78, 5) is 37.1. The Kier molecular flexibility index (Phi) is 15.4. The molecule has 0 aromatic heterocycles. The van der Waals surface area contributed by atoms with Gasteiger partial charge in [0.2, 0.25) is 11.8 Å². The van der Waals surface area contributed by atoms with Crippen LogP contribution >= 0.6 is 0 Å². The predicted molar refractivity (Wildman–Crippen MR) is 160 cm³/mol. The summed E-state index contributed by atoms with van der Waals surface area (Å²) in [7, 11) is 0. The van der Waals surface area contributed by atoms with E-state index < -0.39 is 142 Å². The summed E-state index contributed by atoms with van der Waals surface area (Å²) in [5.41, 5.74) is 0. The van der Waals surface area contributed by atoms with E-state index in [2.05, 4.69) is 17.2 Å². The van der Waals surface area contributed by atoms with Gasteiger partial charge in [-0.2, -0.15) is 0 Å². The van der Waals surface area contributed by atoms with Crippen molar-refractivity contribution in [2.45, 2.75) is 130 Å². The van der Waals surface area contributed by atoms with E-state index in [0.717, 1.165) is 0 Å². The normalized spacial score (nSPS) is 40.3. The lowest BCUT2D eigenvalue weighted by molar-refractivity contribution is -0.381. The number of carboxylic acids is 1. The summed E-state index contributed by atoms with van der Waals surface area (Å²) in [6.45, 7) is 2.05. The lowest BCUT2D eigenvalue weighted by Crippen LogP contribution is -2.71. The highest BCUT2D eigenvalue weighted by Crippen LogP contribution is 2.38. The van der Waals surface area contributed by atoms with Crippen molar-refractivity contribution in [3.05, 3.63) is 12.7 Å². The van der Waals surface area contributed by atoms with Gasteiger partial charge < -0.3 is 90.5 Å². The number of aliphatic hydroxyl groups is 10. The molecule has 0 spiro atoms. The van der Waals surface area contributed by atoms with Gasteiger partial charge in [-0.15, -0.1) is 6.58 Å². The third-order valence-electron chi connectivity index (χ3n) is 8.65. The highest BCUT2D eigenvalue weighted by molar-refractivity contribution is 5.77. The molecule has 3 saturated heterocycles. The minimum atomic E-state index is -3.05. The first kappa shape index (κ1) is 42.0. The maximum absolute atomic E-state index is 12.7. The minimum Gasteiger partial charge on any atom is -0.477 e. The average Bonchev–Trinajstić information content (AvgIpc) is 3.09. The first-order chi connectivity index (χ1) is 23.6. The van der Waals surface area contributed by atoms with Crippen LogP contribution in [0, 0.1) is 0 Å². The van der Waals surface area contributed by atoms with Gasteiger partial charge in [0.25, 0.3) is 5.79 Å². The van der Waals surface area contributed by atoms with Crippen LogP contribution in [-0.4, -0.2) is 191 Å². The lowest BCUT2D eigenvalue weighted by Gasteiger charge is -2.50. The molecule has 0 unspecified atom stereocenters. The summed E-state index contributed by atoms with van der Waals surface area (Å²) in [6.07, 6.45) is -25.9. The van der Waals surface area contributed by atoms with Gasteiger partial charge in [-0.05, 0) is 6.42 Å². The van der Waals surface area contributed by atoms with Crippen LogP contribution in [0.15, 0.2) is 12.7 Å². The summed E-state index contributed by atoms with van der Waals surface area (Å²) in [6, 6.07) is -1.55.